The van der Waals surface area contributed by atoms with E-state index in [1.165, 1.54) is 32.4 Å². The van der Waals surface area contributed by atoms with Gasteiger partial charge in [0.15, 0.2) is 0 Å². The first-order chi connectivity index (χ1) is 10.5. The van der Waals surface area contributed by atoms with Gasteiger partial charge in [0.25, 0.3) is 10.0 Å². The molecule has 0 aliphatic carbocycles. The quantitative estimate of drug-likeness (QED) is 0.875. The van der Waals surface area contributed by atoms with Gasteiger partial charge in [-0.3, -0.25) is 4.72 Å². The van der Waals surface area contributed by atoms with Gasteiger partial charge in [-0.25, -0.2) is 8.42 Å². The molecule has 118 valence electrons. The molecule has 7 heteroatoms. The van der Waals surface area contributed by atoms with Crippen molar-refractivity contribution in [2.45, 2.75) is 11.5 Å². The van der Waals surface area contributed by atoms with Crippen LogP contribution >= 0.6 is 11.6 Å². The molecule has 0 fully saturated rings. The minimum Gasteiger partial charge on any atom is -0.495 e. The molecule has 1 N–H and O–H groups in total. The van der Waals surface area contributed by atoms with E-state index in [1.54, 1.807) is 24.3 Å². The molecule has 2 aromatic rings. The van der Waals surface area contributed by atoms with E-state index in [1.807, 2.05) is 0 Å². The first-order valence-electron chi connectivity index (χ1n) is 6.41. The number of ether oxygens (including phenoxy) is 2. The van der Waals surface area contributed by atoms with Crippen molar-refractivity contribution >= 4 is 27.3 Å². The Balaban J connectivity index is 2.42. The highest BCUT2D eigenvalue weighted by atomic mass is 35.5. The molecule has 22 heavy (non-hydrogen) atoms. The molecule has 0 bridgehead atoms. The maximum Gasteiger partial charge on any atom is 0.261 e. The summed E-state index contributed by atoms with van der Waals surface area (Å²) in [5.41, 5.74) is 0.986. The van der Waals surface area contributed by atoms with Crippen LogP contribution in [0.4, 0.5) is 5.69 Å². The number of nitrogens with one attached hydrogen (secondary N) is 1. The molecule has 0 aromatic heterocycles. The third-order valence-corrected chi connectivity index (χ3v) is 4.65. The van der Waals surface area contributed by atoms with Gasteiger partial charge in [-0.05, 0) is 24.3 Å². The third kappa shape index (κ3) is 3.71. The minimum absolute atomic E-state index is 0.172. The van der Waals surface area contributed by atoms with Crippen molar-refractivity contribution < 1.29 is 17.9 Å². The molecular formula is C15H16ClNO4S. The average molecular weight is 342 g/mol. The van der Waals surface area contributed by atoms with Crippen LogP contribution in [0.5, 0.6) is 5.75 Å². The van der Waals surface area contributed by atoms with Gasteiger partial charge < -0.3 is 9.47 Å². The lowest BCUT2D eigenvalue weighted by atomic mass is 10.2. The van der Waals surface area contributed by atoms with E-state index in [9.17, 15) is 8.42 Å². The van der Waals surface area contributed by atoms with Crippen molar-refractivity contribution in [2.75, 3.05) is 18.9 Å². The van der Waals surface area contributed by atoms with E-state index in [4.69, 9.17) is 21.1 Å². The topological polar surface area (TPSA) is 64.6 Å². The molecule has 0 saturated carbocycles. The molecule has 2 aromatic carbocycles. The number of sulfonamides is 1. The Kier molecular flexibility index (Phi) is 5.28. The monoisotopic (exact) mass is 341 g/mol. The molecule has 0 amide bonds. The zero-order chi connectivity index (χ0) is 16.2. The Bertz CT molecular complexity index is 748. The first kappa shape index (κ1) is 16.6. The fraction of sp³-hybridized carbons (Fsp3) is 0.200. The van der Waals surface area contributed by atoms with Crippen LogP contribution in [0.2, 0.25) is 5.02 Å². The molecule has 0 unspecified atom stereocenters. The highest BCUT2D eigenvalue weighted by Crippen LogP contribution is 2.32. The number of methoxy groups -OCH3 is 2. The number of anilines is 1. The normalized spacial score (nSPS) is 11.2. The summed E-state index contributed by atoms with van der Waals surface area (Å²) >= 11 is 6.08. The number of rotatable bonds is 6. The van der Waals surface area contributed by atoms with Crippen LogP contribution in [0.25, 0.3) is 0 Å². The fourth-order valence-corrected chi connectivity index (χ4v) is 3.28. The van der Waals surface area contributed by atoms with E-state index < -0.39 is 10.0 Å². The standard InChI is InChI=1S/C15H16ClNO4S/c1-20-10-11-8-15(21-2)13(16)9-14(11)17-22(18,19)12-6-4-3-5-7-12/h3-9,17H,10H2,1-2H3. The van der Waals surface area contributed by atoms with Gasteiger partial charge in [-0.15, -0.1) is 0 Å². The first-order valence-corrected chi connectivity index (χ1v) is 8.27. The minimum atomic E-state index is -3.70. The predicted molar refractivity (Wildman–Crippen MR) is 86.0 cm³/mol. The largest absolute Gasteiger partial charge is 0.495 e. The van der Waals surface area contributed by atoms with Gasteiger partial charge in [0.2, 0.25) is 0 Å². The van der Waals surface area contributed by atoms with Gasteiger partial charge in [0.05, 0.1) is 29.3 Å². The maximum absolute atomic E-state index is 12.4. The lowest BCUT2D eigenvalue weighted by Crippen LogP contribution is -2.14. The second kappa shape index (κ2) is 7.00. The van der Waals surface area contributed by atoms with E-state index >= 15 is 0 Å². The maximum atomic E-state index is 12.4. The van der Waals surface area contributed by atoms with Crippen LogP contribution in [0, 0.1) is 0 Å². The van der Waals surface area contributed by atoms with Gasteiger partial charge >= 0.3 is 0 Å². The molecule has 0 heterocycles. The summed E-state index contributed by atoms with van der Waals surface area (Å²) in [6, 6.07) is 11.3. The summed E-state index contributed by atoms with van der Waals surface area (Å²) in [5, 5.41) is 0.313. The van der Waals surface area contributed by atoms with Gasteiger partial charge in [-0.2, -0.15) is 0 Å². The highest BCUT2D eigenvalue weighted by Gasteiger charge is 2.17. The number of halogens is 1. The van der Waals surface area contributed by atoms with Crippen LogP contribution in [-0.2, 0) is 21.4 Å². The molecule has 2 rings (SSSR count). The molecular weight excluding hydrogens is 326 g/mol. The molecule has 5 nitrogen and oxygen atoms in total. The SMILES string of the molecule is COCc1cc(OC)c(Cl)cc1NS(=O)(=O)c1ccccc1. The van der Waals surface area contributed by atoms with E-state index in [2.05, 4.69) is 4.72 Å². The third-order valence-electron chi connectivity index (χ3n) is 2.98. The van der Waals surface area contributed by atoms with Crippen molar-refractivity contribution in [3.05, 3.63) is 53.1 Å². The Morgan fingerprint density at radius 3 is 2.41 bits per heavy atom. The lowest BCUT2D eigenvalue weighted by Gasteiger charge is -2.15. The van der Waals surface area contributed by atoms with E-state index in [0.29, 0.717) is 22.0 Å². The summed E-state index contributed by atoms with van der Waals surface area (Å²) in [6.45, 7) is 0.222. The van der Waals surface area contributed by atoms with E-state index in [0.717, 1.165) is 0 Å². The molecule has 0 radical (unpaired) electrons. The van der Waals surface area contributed by atoms with Crippen molar-refractivity contribution in [3.8, 4) is 5.75 Å². The fourth-order valence-electron chi connectivity index (χ4n) is 1.93. The summed E-state index contributed by atoms with van der Waals surface area (Å²) in [4.78, 5) is 0.172. The predicted octanol–water partition coefficient (Wildman–Crippen LogP) is 3.30. The second-order valence-corrected chi connectivity index (χ2v) is 6.59. The number of hydrogen-bond acceptors (Lipinski definition) is 4. The number of benzene rings is 2. The second-order valence-electron chi connectivity index (χ2n) is 4.50. The molecule has 0 atom stereocenters. The summed E-state index contributed by atoms with van der Waals surface area (Å²) in [7, 11) is -0.679. The molecule has 0 aliphatic rings. The summed E-state index contributed by atoms with van der Waals surface area (Å²) in [6.07, 6.45) is 0. The average Bonchev–Trinajstić information content (AvgIpc) is 2.50. The van der Waals surface area contributed by atoms with Gasteiger partial charge in [0.1, 0.15) is 5.75 Å². The zero-order valence-corrected chi connectivity index (χ0v) is 13.7. The Morgan fingerprint density at radius 2 is 1.82 bits per heavy atom. The van der Waals surface area contributed by atoms with Crippen LogP contribution in [0.1, 0.15) is 5.56 Å². The Labute approximate surface area is 134 Å². The van der Waals surface area contributed by atoms with Crippen molar-refractivity contribution in [3.63, 3.8) is 0 Å². The Hall–Kier alpha value is -1.76. The molecule has 0 aliphatic heterocycles. The highest BCUT2D eigenvalue weighted by molar-refractivity contribution is 7.92. The molecule has 0 spiro atoms. The van der Waals surface area contributed by atoms with E-state index in [-0.39, 0.29) is 11.5 Å². The molecule has 0 saturated heterocycles. The van der Waals surface area contributed by atoms with Crippen molar-refractivity contribution in [1.29, 1.82) is 0 Å². The summed E-state index contributed by atoms with van der Waals surface area (Å²) < 4.78 is 37.6. The van der Waals surface area contributed by atoms with Crippen molar-refractivity contribution in [1.82, 2.24) is 0 Å². The van der Waals surface area contributed by atoms with Crippen LogP contribution in [0.3, 0.4) is 0 Å². The lowest BCUT2D eigenvalue weighted by molar-refractivity contribution is 0.185. The smallest absolute Gasteiger partial charge is 0.261 e. The van der Waals surface area contributed by atoms with Gasteiger partial charge in [0, 0.05) is 12.7 Å². The number of hydrogen-bond donors (Lipinski definition) is 1. The van der Waals surface area contributed by atoms with Crippen LogP contribution in [-0.4, -0.2) is 22.6 Å². The van der Waals surface area contributed by atoms with Crippen LogP contribution in [0.15, 0.2) is 47.4 Å². The van der Waals surface area contributed by atoms with Gasteiger partial charge in [-0.1, -0.05) is 29.8 Å². The summed E-state index contributed by atoms with van der Waals surface area (Å²) in [5.74, 6) is 0.455. The van der Waals surface area contributed by atoms with Crippen molar-refractivity contribution in [2.24, 2.45) is 0 Å². The van der Waals surface area contributed by atoms with Crippen LogP contribution < -0.4 is 9.46 Å². The zero-order valence-electron chi connectivity index (χ0n) is 12.2. The Morgan fingerprint density at radius 1 is 1.14 bits per heavy atom.